The van der Waals surface area contributed by atoms with Gasteiger partial charge in [-0.1, -0.05) is 26.2 Å². The Morgan fingerprint density at radius 1 is 1.25 bits per heavy atom. The van der Waals surface area contributed by atoms with Crippen LogP contribution in [0.5, 0.6) is 0 Å². The summed E-state index contributed by atoms with van der Waals surface area (Å²) in [4.78, 5) is 0. The molecule has 0 amide bonds. The van der Waals surface area contributed by atoms with E-state index in [4.69, 9.17) is 11.6 Å². The molecule has 16 heavy (non-hydrogen) atoms. The molecule has 0 saturated heterocycles. The average Bonchev–Trinajstić information content (AvgIpc) is 2.64. The summed E-state index contributed by atoms with van der Waals surface area (Å²) in [6.45, 7) is 3.18. The quantitative estimate of drug-likeness (QED) is 0.808. The Morgan fingerprint density at radius 3 is 2.69 bits per heavy atom. The maximum absolute atomic E-state index is 6.09. The molecule has 0 unspecified atom stereocenters. The number of nitrogens with zero attached hydrogens (tertiary/aromatic N) is 3. The molecule has 1 aromatic heterocycles. The molecule has 1 saturated carbocycles. The number of hydrogen-bond donors (Lipinski definition) is 0. The highest BCUT2D eigenvalue weighted by molar-refractivity contribution is 6.28. The second kappa shape index (κ2) is 5.67. The van der Waals surface area contributed by atoms with E-state index < -0.39 is 0 Å². The van der Waals surface area contributed by atoms with E-state index in [1.165, 1.54) is 32.1 Å². The minimum absolute atomic E-state index is 0.564. The maximum atomic E-state index is 6.09. The van der Waals surface area contributed by atoms with E-state index in [2.05, 4.69) is 21.7 Å². The van der Waals surface area contributed by atoms with Crippen LogP contribution >= 0.6 is 11.6 Å². The average molecular weight is 242 g/mol. The Labute approximate surface area is 102 Å². The fourth-order valence-electron chi connectivity index (χ4n) is 2.53. The molecule has 1 aliphatic carbocycles. The molecule has 0 radical (unpaired) electrons. The molecule has 1 aromatic rings. The van der Waals surface area contributed by atoms with Crippen LogP contribution in [0.3, 0.4) is 0 Å². The smallest absolute Gasteiger partial charge is 0.225 e. The molecule has 3 nitrogen and oxygen atoms in total. The first kappa shape index (κ1) is 11.9. The second-order valence-corrected chi connectivity index (χ2v) is 5.09. The predicted molar refractivity (Wildman–Crippen MR) is 65.6 cm³/mol. The van der Waals surface area contributed by atoms with E-state index in [9.17, 15) is 0 Å². The first-order valence-electron chi connectivity index (χ1n) is 6.39. The van der Waals surface area contributed by atoms with E-state index in [1.54, 1.807) is 0 Å². The summed E-state index contributed by atoms with van der Waals surface area (Å²) in [5, 5.41) is 8.69. The highest BCUT2D eigenvalue weighted by Crippen LogP contribution is 2.26. The zero-order chi connectivity index (χ0) is 11.4. The van der Waals surface area contributed by atoms with Crippen molar-refractivity contribution in [3.63, 3.8) is 0 Å². The lowest BCUT2D eigenvalue weighted by atomic mass is 9.89. The Kier molecular flexibility index (Phi) is 4.22. The standard InChI is InChI=1S/C12H20ClN3/c1-2-6-11-14-15-12(13)16(11)9-10-7-4-3-5-8-10/h10H,2-9H2,1H3. The lowest BCUT2D eigenvalue weighted by Gasteiger charge is -2.22. The van der Waals surface area contributed by atoms with Gasteiger partial charge in [-0.25, -0.2) is 0 Å². The van der Waals surface area contributed by atoms with Crippen LogP contribution in [0, 0.1) is 5.92 Å². The summed E-state index contributed by atoms with van der Waals surface area (Å²) in [5.41, 5.74) is 0. The normalized spacial score (nSPS) is 17.9. The number of rotatable bonds is 4. The van der Waals surface area contributed by atoms with Gasteiger partial charge in [0.1, 0.15) is 5.82 Å². The molecule has 0 spiro atoms. The van der Waals surface area contributed by atoms with Crippen LogP contribution in [-0.2, 0) is 13.0 Å². The van der Waals surface area contributed by atoms with Crippen molar-refractivity contribution in [2.75, 3.05) is 0 Å². The number of hydrogen-bond acceptors (Lipinski definition) is 2. The van der Waals surface area contributed by atoms with Gasteiger partial charge in [-0.15, -0.1) is 10.2 Å². The maximum Gasteiger partial charge on any atom is 0.225 e. The van der Waals surface area contributed by atoms with Gasteiger partial charge in [-0.3, -0.25) is 0 Å². The molecule has 4 heteroatoms. The Morgan fingerprint density at radius 2 is 2.00 bits per heavy atom. The molecule has 0 bridgehead atoms. The minimum atomic E-state index is 0.564. The lowest BCUT2D eigenvalue weighted by molar-refractivity contribution is 0.316. The topological polar surface area (TPSA) is 30.7 Å². The van der Waals surface area contributed by atoms with Crippen molar-refractivity contribution in [1.29, 1.82) is 0 Å². The molecule has 1 aliphatic rings. The van der Waals surface area contributed by atoms with Gasteiger partial charge in [-0.2, -0.15) is 0 Å². The van der Waals surface area contributed by atoms with Crippen LogP contribution in [0.2, 0.25) is 5.28 Å². The third-order valence-corrected chi connectivity index (χ3v) is 3.70. The molecule has 0 aromatic carbocycles. The van der Waals surface area contributed by atoms with Crippen molar-refractivity contribution in [1.82, 2.24) is 14.8 Å². The van der Waals surface area contributed by atoms with Crippen molar-refractivity contribution in [3.8, 4) is 0 Å². The first-order chi connectivity index (χ1) is 7.81. The number of aromatic nitrogens is 3. The van der Waals surface area contributed by atoms with E-state index in [0.717, 1.165) is 31.1 Å². The van der Waals surface area contributed by atoms with Gasteiger partial charge in [0.05, 0.1) is 0 Å². The van der Waals surface area contributed by atoms with Crippen molar-refractivity contribution in [3.05, 3.63) is 11.1 Å². The molecule has 1 fully saturated rings. The van der Waals surface area contributed by atoms with E-state index in [0.29, 0.717) is 5.28 Å². The summed E-state index contributed by atoms with van der Waals surface area (Å²) in [5.74, 6) is 1.83. The van der Waals surface area contributed by atoms with E-state index in [-0.39, 0.29) is 0 Å². The number of aryl methyl sites for hydroxylation is 1. The lowest BCUT2D eigenvalue weighted by Crippen LogP contribution is -2.16. The zero-order valence-corrected chi connectivity index (χ0v) is 10.7. The summed E-state index contributed by atoms with van der Waals surface area (Å²) >= 11 is 6.09. The third kappa shape index (κ3) is 2.76. The summed E-state index contributed by atoms with van der Waals surface area (Å²) < 4.78 is 2.11. The van der Waals surface area contributed by atoms with Crippen LogP contribution in [0.25, 0.3) is 0 Å². The van der Waals surface area contributed by atoms with Crippen LogP contribution in [0.15, 0.2) is 0 Å². The van der Waals surface area contributed by atoms with Crippen LogP contribution in [-0.4, -0.2) is 14.8 Å². The van der Waals surface area contributed by atoms with Gasteiger partial charge in [0.25, 0.3) is 0 Å². The molecule has 0 N–H and O–H groups in total. The van der Waals surface area contributed by atoms with Crippen LogP contribution in [0.1, 0.15) is 51.3 Å². The molecular formula is C12H20ClN3. The SMILES string of the molecule is CCCc1nnc(Cl)n1CC1CCCCC1. The monoisotopic (exact) mass is 241 g/mol. The van der Waals surface area contributed by atoms with Gasteiger partial charge in [0.2, 0.25) is 5.28 Å². The van der Waals surface area contributed by atoms with Gasteiger partial charge in [0.15, 0.2) is 0 Å². The molecule has 90 valence electrons. The van der Waals surface area contributed by atoms with Crippen LogP contribution in [0.4, 0.5) is 0 Å². The Bertz CT molecular complexity index is 329. The van der Waals surface area contributed by atoms with E-state index in [1.807, 2.05) is 0 Å². The fourth-order valence-corrected chi connectivity index (χ4v) is 2.73. The van der Waals surface area contributed by atoms with Gasteiger partial charge < -0.3 is 4.57 Å². The largest absolute Gasteiger partial charge is 0.301 e. The predicted octanol–water partition coefficient (Wildman–Crippen LogP) is 3.46. The van der Waals surface area contributed by atoms with Gasteiger partial charge >= 0.3 is 0 Å². The number of halogens is 1. The van der Waals surface area contributed by atoms with Gasteiger partial charge in [0, 0.05) is 13.0 Å². The summed E-state index contributed by atoms with van der Waals surface area (Å²) in [7, 11) is 0. The van der Waals surface area contributed by atoms with Crippen molar-refractivity contribution >= 4 is 11.6 Å². The second-order valence-electron chi connectivity index (χ2n) is 4.75. The minimum Gasteiger partial charge on any atom is -0.301 e. The van der Waals surface area contributed by atoms with Crippen molar-refractivity contribution in [2.45, 2.75) is 58.4 Å². The summed E-state index contributed by atoms with van der Waals surface area (Å²) in [6, 6.07) is 0. The van der Waals surface area contributed by atoms with Crippen molar-refractivity contribution in [2.24, 2.45) is 5.92 Å². The van der Waals surface area contributed by atoms with Crippen LogP contribution < -0.4 is 0 Å². The Hall–Kier alpha value is -0.570. The summed E-state index contributed by atoms with van der Waals surface area (Å²) in [6.07, 6.45) is 8.88. The Balaban J connectivity index is 2.03. The zero-order valence-electron chi connectivity index (χ0n) is 9.95. The molecule has 2 rings (SSSR count). The van der Waals surface area contributed by atoms with Gasteiger partial charge in [-0.05, 0) is 36.8 Å². The third-order valence-electron chi connectivity index (χ3n) is 3.42. The molecule has 0 atom stereocenters. The fraction of sp³-hybridized carbons (Fsp3) is 0.833. The van der Waals surface area contributed by atoms with E-state index >= 15 is 0 Å². The molecule has 0 aliphatic heterocycles. The highest BCUT2D eigenvalue weighted by Gasteiger charge is 2.17. The molecule has 1 heterocycles. The molecular weight excluding hydrogens is 222 g/mol. The van der Waals surface area contributed by atoms with Crippen molar-refractivity contribution < 1.29 is 0 Å². The first-order valence-corrected chi connectivity index (χ1v) is 6.76. The highest BCUT2D eigenvalue weighted by atomic mass is 35.5.